The van der Waals surface area contributed by atoms with Gasteiger partial charge in [0, 0.05) is 23.8 Å². The van der Waals surface area contributed by atoms with E-state index in [9.17, 15) is 37.1 Å². The molecule has 0 aliphatic rings. The monoisotopic (exact) mass is 507 g/mol. The number of halogens is 3. The molecule has 0 saturated carbocycles. The van der Waals surface area contributed by atoms with Crippen molar-refractivity contribution in [3.05, 3.63) is 35.9 Å². The lowest BCUT2D eigenvalue weighted by Crippen LogP contribution is -2.49. The molecule has 188 valence electrons. The van der Waals surface area contributed by atoms with Gasteiger partial charge < -0.3 is 26.6 Å². The van der Waals surface area contributed by atoms with Gasteiger partial charge in [0.1, 0.15) is 18.6 Å². The van der Waals surface area contributed by atoms with Crippen LogP contribution in [0.4, 0.5) is 13.2 Å². The Morgan fingerprint density at radius 2 is 1.68 bits per heavy atom. The van der Waals surface area contributed by atoms with Gasteiger partial charge in [0.15, 0.2) is 0 Å². The fourth-order valence-corrected chi connectivity index (χ4v) is 3.86. The van der Waals surface area contributed by atoms with Crippen LogP contribution in [0.15, 0.2) is 30.3 Å². The van der Waals surface area contributed by atoms with Crippen molar-refractivity contribution in [2.75, 3.05) is 12.3 Å². The van der Waals surface area contributed by atoms with Crippen molar-refractivity contribution in [2.45, 2.75) is 42.8 Å². The van der Waals surface area contributed by atoms with E-state index in [1.54, 1.807) is 18.2 Å². The average Bonchev–Trinajstić information content (AvgIpc) is 2.77. The lowest BCUT2D eigenvalue weighted by Gasteiger charge is -2.22. The SMILES string of the molecule is N[C@H](CCC(=O)N[C@@H](CSC(CC(=O)C(F)(F)F)c1ccccc1)C(=O)NCC(=O)O)C(=O)O. The molecule has 34 heavy (non-hydrogen) atoms. The lowest BCUT2D eigenvalue weighted by atomic mass is 10.1. The van der Waals surface area contributed by atoms with Crippen molar-refractivity contribution in [2.24, 2.45) is 5.73 Å². The lowest BCUT2D eigenvalue weighted by molar-refractivity contribution is -0.171. The van der Waals surface area contributed by atoms with Crippen LogP contribution in [0.1, 0.15) is 30.1 Å². The number of rotatable bonds is 14. The number of Topliss-reactive ketones (excluding diaryl/α,β-unsaturated/α-hetero) is 1. The molecule has 0 radical (unpaired) electrons. The maximum absolute atomic E-state index is 12.8. The van der Waals surface area contributed by atoms with Gasteiger partial charge in [-0.25, -0.2) is 0 Å². The third kappa shape index (κ3) is 10.7. The standard InChI is InChI=1S/C20H24F3N3O7S/c21-20(22,23)15(27)8-14(11-4-2-1-3-5-11)34-10-13(18(31)25-9-17(29)30)26-16(28)7-6-12(24)19(32)33/h1-5,12-14H,6-10,24H2,(H,25,31)(H,26,28)(H,29,30)(H,32,33)/t12-,13+,14?/m1/s1. The summed E-state index contributed by atoms with van der Waals surface area (Å²) in [7, 11) is 0. The summed E-state index contributed by atoms with van der Waals surface area (Å²) in [6, 6.07) is 5.07. The molecule has 0 spiro atoms. The van der Waals surface area contributed by atoms with Crippen LogP contribution in [0.3, 0.4) is 0 Å². The largest absolute Gasteiger partial charge is 0.480 e. The first-order chi connectivity index (χ1) is 15.8. The molecule has 0 heterocycles. The summed E-state index contributed by atoms with van der Waals surface area (Å²) in [5.74, 6) is -6.65. The summed E-state index contributed by atoms with van der Waals surface area (Å²) < 4.78 is 38.5. The molecule has 1 aromatic carbocycles. The Morgan fingerprint density at radius 3 is 2.21 bits per heavy atom. The summed E-state index contributed by atoms with van der Waals surface area (Å²) in [5, 5.41) is 20.9. The number of hydrogen-bond donors (Lipinski definition) is 5. The Balaban J connectivity index is 2.97. The molecule has 1 aromatic rings. The molecule has 1 unspecified atom stereocenters. The van der Waals surface area contributed by atoms with E-state index in [1.807, 2.05) is 0 Å². The van der Waals surface area contributed by atoms with Crippen LogP contribution in [-0.2, 0) is 24.0 Å². The van der Waals surface area contributed by atoms with Crippen molar-refractivity contribution in [1.82, 2.24) is 10.6 Å². The van der Waals surface area contributed by atoms with Crippen molar-refractivity contribution < 1.29 is 47.4 Å². The highest BCUT2D eigenvalue weighted by Gasteiger charge is 2.39. The number of aliphatic carboxylic acids is 2. The minimum Gasteiger partial charge on any atom is -0.480 e. The van der Waals surface area contributed by atoms with Crippen LogP contribution in [0.25, 0.3) is 0 Å². The van der Waals surface area contributed by atoms with Gasteiger partial charge in [0.25, 0.3) is 0 Å². The normalized spacial score (nSPS) is 13.9. The van der Waals surface area contributed by atoms with Crippen molar-refractivity contribution in [3.8, 4) is 0 Å². The van der Waals surface area contributed by atoms with E-state index in [0.717, 1.165) is 11.8 Å². The number of benzene rings is 1. The third-order valence-corrected chi connectivity index (χ3v) is 5.75. The molecule has 6 N–H and O–H groups in total. The molecule has 10 nitrogen and oxygen atoms in total. The summed E-state index contributed by atoms with van der Waals surface area (Å²) in [5.41, 5.74) is 5.71. The van der Waals surface area contributed by atoms with Crippen molar-refractivity contribution in [3.63, 3.8) is 0 Å². The summed E-state index contributed by atoms with van der Waals surface area (Å²) >= 11 is 0.798. The first kappa shape index (κ1) is 28.9. The molecule has 0 aliphatic carbocycles. The minimum atomic E-state index is -5.05. The second-order valence-corrected chi connectivity index (χ2v) is 8.31. The third-order valence-electron chi connectivity index (χ3n) is 4.39. The number of carboxylic acids is 2. The van der Waals surface area contributed by atoms with Crippen molar-refractivity contribution >= 4 is 41.3 Å². The van der Waals surface area contributed by atoms with Gasteiger partial charge in [0.2, 0.25) is 17.6 Å². The zero-order chi connectivity index (χ0) is 25.9. The van der Waals surface area contributed by atoms with E-state index in [2.05, 4.69) is 10.6 Å². The number of alkyl halides is 3. The van der Waals surface area contributed by atoms with Gasteiger partial charge in [0.05, 0.1) is 0 Å². The quantitative estimate of drug-likeness (QED) is 0.244. The second-order valence-electron chi connectivity index (χ2n) is 7.07. The fourth-order valence-electron chi connectivity index (χ4n) is 2.58. The first-order valence-corrected chi connectivity index (χ1v) is 10.9. The summed E-state index contributed by atoms with van der Waals surface area (Å²) in [6.45, 7) is -0.769. The number of ketones is 1. The van der Waals surface area contributed by atoms with Crippen LogP contribution < -0.4 is 16.4 Å². The molecular formula is C20H24F3N3O7S. The number of hydrogen-bond acceptors (Lipinski definition) is 7. The van der Waals surface area contributed by atoms with E-state index in [1.165, 1.54) is 12.1 Å². The number of carbonyl (C=O) groups is 5. The number of amides is 2. The van der Waals surface area contributed by atoms with Gasteiger partial charge in [-0.3, -0.25) is 24.0 Å². The molecule has 14 heteroatoms. The fraction of sp³-hybridized carbons (Fsp3) is 0.450. The molecular weight excluding hydrogens is 483 g/mol. The van der Waals surface area contributed by atoms with Crippen LogP contribution >= 0.6 is 11.8 Å². The Hall–Kier alpha value is -3.13. The molecule has 1 rings (SSSR count). The smallest absolute Gasteiger partial charge is 0.450 e. The molecule has 0 fully saturated rings. The maximum Gasteiger partial charge on any atom is 0.450 e. The molecule has 2 amide bonds. The van der Waals surface area contributed by atoms with Crippen LogP contribution in [-0.4, -0.2) is 70.3 Å². The van der Waals surface area contributed by atoms with Crippen LogP contribution in [0.5, 0.6) is 0 Å². The van der Waals surface area contributed by atoms with Gasteiger partial charge >= 0.3 is 18.1 Å². The Bertz CT molecular complexity index is 884. The molecule has 0 aliphatic heterocycles. The van der Waals surface area contributed by atoms with E-state index in [-0.39, 0.29) is 18.6 Å². The number of nitrogens with one attached hydrogen (secondary N) is 2. The summed E-state index contributed by atoms with van der Waals surface area (Å²) in [4.78, 5) is 57.7. The second kappa shape index (κ2) is 13.5. The van der Waals surface area contributed by atoms with E-state index >= 15 is 0 Å². The van der Waals surface area contributed by atoms with Crippen LogP contribution in [0.2, 0.25) is 0 Å². The molecule has 0 bridgehead atoms. The Labute approximate surface area is 196 Å². The number of carboxylic acid groups (broad SMARTS) is 2. The molecule has 0 aromatic heterocycles. The number of carbonyl (C=O) groups excluding carboxylic acids is 3. The minimum absolute atomic E-state index is 0.246. The van der Waals surface area contributed by atoms with Gasteiger partial charge in [-0.15, -0.1) is 0 Å². The predicted molar refractivity (Wildman–Crippen MR) is 115 cm³/mol. The van der Waals surface area contributed by atoms with Gasteiger partial charge in [-0.2, -0.15) is 24.9 Å². The Kier molecular flexibility index (Phi) is 11.5. The maximum atomic E-state index is 12.8. The number of nitrogens with two attached hydrogens (primary N) is 1. The Morgan fingerprint density at radius 1 is 1.06 bits per heavy atom. The highest BCUT2D eigenvalue weighted by Crippen LogP contribution is 2.35. The topological polar surface area (TPSA) is 176 Å². The highest BCUT2D eigenvalue weighted by atomic mass is 32.2. The number of thioether (sulfide) groups is 1. The van der Waals surface area contributed by atoms with E-state index in [4.69, 9.17) is 15.9 Å². The molecule has 3 atom stereocenters. The van der Waals surface area contributed by atoms with Crippen LogP contribution in [0, 0.1) is 0 Å². The predicted octanol–water partition coefficient (Wildman–Crippen LogP) is 0.860. The van der Waals surface area contributed by atoms with Gasteiger partial charge in [-0.05, 0) is 12.0 Å². The van der Waals surface area contributed by atoms with E-state index < -0.39 is 66.0 Å². The van der Waals surface area contributed by atoms with E-state index in [0.29, 0.717) is 5.56 Å². The van der Waals surface area contributed by atoms with Crippen molar-refractivity contribution in [1.29, 1.82) is 0 Å². The zero-order valence-corrected chi connectivity index (χ0v) is 18.5. The average molecular weight is 507 g/mol. The van der Waals surface area contributed by atoms with Gasteiger partial charge in [-0.1, -0.05) is 30.3 Å². The zero-order valence-electron chi connectivity index (χ0n) is 17.7. The highest BCUT2D eigenvalue weighted by molar-refractivity contribution is 7.99. The first-order valence-electron chi connectivity index (χ1n) is 9.85. The molecule has 0 saturated heterocycles. The summed E-state index contributed by atoms with van der Waals surface area (Å²) in [6.07, 6.45) is -6.58.